The van der Waals surface area contributed by atoms with Crippen molar-refractivity contribution in [3.05, 3.63) is 75.9 Å². The van der Waals surface area contributed by atoms with E-state index in [9.17, 15) is 14.7 Å². The van der Waals surface area contributed by atoms with Gasteiger partial charge in [0, 0.05) is 5.56 Å². The number of aliphatic hydroxyl groups is 1. The highest BCUT2D eigenvalue weighted by molar-refractivity contribution is 8.18. The van der Waals surface area contributed by atoms with E-state index in [4.69, 9.17) is 14.6 Å². The number of carboxylic acids is 1. The number of carbonyl (C=O) groups is 2. The van der Waals surface area contributed by atoms with E-state index in [1.807, 2.05) is 31.2 Å². The molecule has 0 atom stereocenters. The third-order valence-corrected chi connectivity index (χ3v) is 5.21. The van der Waals surface area contributed by atoms with Gasteiger partial charge in [0.05, 0.1) is 17.2 Å². The maximum absolute atomic E-state index is 12.5. The fraction of sp³-hybridized carbons (Fsp3) is 0.174. The molecule has 0 saturated carbocycles. The van der Waals surface area contributed by atoms with E-state index in [2.05, 4.69) is 4.99 Å². The minimum Gasteiger partial charge on any atom is -0.506 e. The predicted octanol–water partition coefficient (Wildman–Crippen LogP) is 4.65. The lowest BCUT2D eigenvalue weighted by Gasteiger charge is -2.07. The summed E-state index contributed by atoms with van der Waals surface area (Å²) in [4.78, 5) is 28.2. The van der Waals surface area contributed by atoms with Gasteiger partial charge in [-0.2, -0.15) is 0 Å². The first-order valence-electron chi connectivity index (χ1n) is 9.48. The van der Waals surface area contributed by atoms with E-state index in [1.165, 1.54) is 0 Å². The minimum absolute atomic E-state index is 0.0115. The van der Waals surface area contributed by atoms with Crippen molar-refractivity contribution in [1.29, 1.82) is 0 Å². The Labute approximate surface area is 183 Å². The SMILES string of the molecule is CCOC(=O)C1=C(O)/C(=C/c2ccccc2OCC(=O)O)SC1=Nc1ccc(C)cc1. The fourth-order valence-corrected chi connectivity index (χ4v) is 3.77. The van der Waals surface area contributed by atoms with Crippen molar-refractivity contribution in [2.75, 3.05) is 13.2 Å². The number of carbonyl (C=O) groups excluding carboxylic acids is 1. The Hall–Kier alpha value is -3.52. The molecule has 0 saturated heterocycles. The zero-order valence-corrected chi connectivity index (χ0v) is 17.8. The molecule has 0 fully saturated rings. The second-order valence-corrected chi connectivity index (χ2v) is 7.56. The first-order chi connectivity index (χ1) is 14.9. The van der Waals surface area contributed by atoms with Gasteiger partial charge in [0.25, 0.3) is 0 Å². The molecule has 1 heterocycles. The highest BCUT2D eigenvalue weighted by atomic mass is 32.2. The summed E-state index contributed by atoms with van der Waals surface area (Å²) in [7, 11) is 0. The monoisotopic (exact) mass is 439 g/mol. The Morgan fingerprint density at radius 3 is 2.52 bits per heavy atom. The van der Waals surface area contributed by atoms with Crippen molar-refractivity contribution in [3.63, 3.8) is 0 Å². The molecule has 2 aromatic carbocycles. The lowest BCUT2D eigenvalue weighted by molar-refractivity contribution is -0.139. The molecule has 0 aromatic heterocycles. The predicted molar refractivity (Wildman–Crippen MR) is 120 cm³/mol. The summed E-state index contributed by atoms with van der Waals surface area (Å²) in [6, 6.07) is 14.3. The number of aliphatic carboxylic acids is 1. The van der Waals surface area contributed by atoms with Gasteiger partial charge in [-0.1, -0.05) is 47.7 Å². The number of ether oxygens (including phenoxy) is 2. The molecule has 3 rings (SSSR count). The summed E-state index contributed by atoms with van der Waals surface area (Å²) in [6.45, 7) is 3.30. The second-order valence-electron chi connectivity index (χ2n) is 6.53. The molecule has 31 heavy (non-hydrogen) atoms. The standard InChI is InChI=1S/C23H21NO6S/c1-3-29-23(28)20-21(27)18(31-22(20)24-16-10-8-14(2)9-11-16)12-15-6-4-5-7-17(15)30-13-19(25)26/h4-12,27H,3,13H2,1-2H3,(H,25,26)/b18-12-,24-22?. The van der Waals surface area contributed by atoms with Gasteiger partial charge in [0.15, 0.2) is 6.61 Å². The molecule has 0 radical (unpaired) electrons. The van der Waals surface area contributed by atoms with Crippen LogP contribution in [-0.2, 0) is 14.3 Å². The Bertz CT molecular complexity index is 1090. The third-order valence-electron chi connectivity index (χ3n) is 4.19. The van der Waals surface area contributed by atoms with E-state index in [0.717, 1.165) is 17.3 Å². The van der Waals surface area contributed by atoms with Gasteiger partial charge in [0.2, 0.25) is 0 Å². The zero-order chi connectivity index (χ0) is 22.4. The number of carboxylic acid groups (broad SMARTS) is 1. The molecule has 0 bridgehead atoms. The second kappa shape index (κ2) is 9.99. The summed E-state index contributed by atoms with van der Waals surface area (Å²) < 4.78 is 10.4. The van der Waals surface area contributed by atoms with Gasteiger partial charge < -0.3 is 19.7 Å². The molecule has 2 aromatic rings. The van der Waals surface area contributed by atoms with Crippen molar-refractivity contribution >= 4 is 40.5 Å². The summed E-state index contributed by atoms with van der Waals surface area (Å²) in [6.07, 6.45) is 1.62. The molecule has 0 unspecified atom stereocenters. The molecule has 1 aliphatic rings. The van der Waals surface area contributed by atoms with E-state index in [-0.39, 0.29) is 17.9 Å². The average Bonchev–Trinajstić information content (AvgIpc) is 3.04. The summed E-state index contributed by atoms with van der Waals surface area (Å²) in [5.41, 5.74) is 2.25. The molecule has 0 amide bonds. The Morgan fingerprint density at radius 2 is 1.84 bits per heavy atom. The first kappa shape index (κ1) is 22.2. The molecular formula is C23H21NO6S. The molecule has 7 nitrogen and oxygen atoms in total. The number of aliphatic imine (C=N–C) groups is 1. The number of benzene rings is 2. The number of rotatable bonds is 7. The van der Waals surface area contributed by atoms with Gasteiger partial charge in [-0.25, -0.2) is 14.6 Å². The highest BCUT2D eigenvalue weighted by Gasteiger charge is 2.33. The van der Waals surface area contributed by atoms with Gasteiger partial charge in [-0.15, -0.1) is 0 Å². The van der Waals surface area contributed by atoms with E-state index >= 15 is 0 Å². The van der Waals surface area contributed by atoms with Crippen LogP contribution in [0, 0.1) is 6.92 Å². The molecule has 8 heteroatoms. The summed E-state index contributed by atoms with van der Waals surface area (Å²) in [5.74, 6) is -1.68. The van der Waals surface area contributed by atoms with E-state index < -0.39 is 18.5 Å². The molecule has 0 spiro atoms. The molecule has 2 N–H and O–H groups in total. The third kappa shape index (κ3) is 5.55. The van der Waals surface area contributed by atoms with Gasteiger partial charge in [0.1, 0.15) is 22.1 Å². The number of aliphatic hydroxyl groups excluding tert-OH is 1. The quantitative estimate of drug-likeness (QED) is 0.605. The van der Waals surface area contributed by atoms with Crippen LogP contribution in [0.25, 0.3) is 6.08 Å². The van der Waals surface area contributed by atoms with Crippen LogP contribution in [0.5, 0.6) is 5.75 Å². The van der Waals surface area contributed by atoms with Crippen molar-refractivity contribution in [2.24, 2.45) is 4.99 Å². The van der Waals surface area contributed by atoms with Crippen molar-refractivity contribution in [3.8, 4) is 5.75 Å². The largest absolute Gasteiger partial charge is 0.506 e. The highest BCUT2D eigenvalue weighted by Crippen LogP contribution is 2.41. The van der Waals surface area contributed by atoms with Crippen molar-refractivity contribution in [1.82, 2.24) is 0 Å². The lowest BCUT2D eigenvalue weighted by atomic mass is 10.1. The van der Waals surface area contributed by atoms with Crippen LogP contribution in [0.2, 0.25) is 0 Å². The van der Waals surface area contributed by atoms with Crippen LogP contribution in [0.4, 0.5) is 5.69 Å². The maximum Gasteiger partial charge on any atom is 0.344 e. The van der Waals surface area contributed by atoms with Crippen molar-refractivity contribution < 1.29 is 29.3 Å². The van der Waals surface area contributed by atoms with Gasteiger partial charge in [-0.3, -0.25) is 0 Å². The normalized spacial score (nSPS) is 16.1. The Balaban J connectivity index is 2.01. The van der Waals surface area contributed by atoms with E-state index in [1.54, 1.807) is 37.3 Å². The smallest absolute Gasteiger partial charge is 0.344 e. The minimum atomic E-state index is -1.10. The fourth-order valence-electron chi connectivity index (χ4n) is 2.74. The molecular weight excluding hydrogens is 418 g/mol. The molecule has 0 aliphatic carbocycles. The Morgan fingerprint density at radius 1 is 1.13 bits per heavy atom. The molecule has 1 aliphatic heterocycles. The van der Waals surface area contributed by atoms with Crippen LogP contribution < -0.4 is 4.74 Å². The number of thioether (sulfide) groups is 1. The summed E-state index contributed by atoms with van der Waals surface area (Å²) >= 11 is 1.12. The van der Waals surface area contributed by atoms with Crippen LogP contribution in [0.3, 0.4) is 0 Å². The molecule has 160 valence electrons. The van der Waals surface area contributed by atoms with Crippen LogP contribution in [0.1, 0.15) is 18.1 Å². The number of para-hydroxylation sites is 1. The van der Waals surface area contributed by atoms with Gasteiger partial charge >= 0.3 is 11.9 Å². The topological polar surface area (TPSA) is 105 Å². The average molecular weight is 439 g/mol. The number of esters is 1. The van der Waals surface area contributed by atoms with Crippen LogP contribution in [0.15, 0.2) is 69.8 Å². The first-order valence-corrected chi connectivity index (χ1v) is 10.3. The number of nitrogens with zero attached hydrogens (tertiary/aromatic N) is 1. The number of hydrogen-bond acceptors (Lipinski definition) is 7. The number of hydrogen-bond donors (Lipinski definition) is 2. The van der Waals surface area contributed by atoms with E-state index in [0.29, 0.717) is 26.9 Å². The van der Waals surface area contributed by atoms with Crippen LogP contribution >= 0.6 is 11.8 Å². The van der Waals surface area contributed by atoms with Gasteiger partial charge in [-0.05, 0) is 38.1 Å². The summed E-state index contributed by atoms with van der Waals surface area (Å²) in [5, 5.41) is 20.0. The van der Waals surface area contributed by atoms with Crippen molar-refractivity contribution in [2.45, 2.75) is 13.8 Å². The lowest BCUT2D eigenvalue weighted by Crippen LogP contribution is -2.12. The Kier molecular flexibility index (Phi) is 7.15. The number of aryl methyl sites for hydroxylation is 1. The zero-order valence-electron chi connectivity index (χ0n) is 17.0. The maximum atomic E-state index is 12.5. The van der Waals surface area contributed by atoms with Crippen LogP contribution in [-0.4, -0.2) is 40.4 Å².